The van der Waals surface area contributed by atoms with Gasteiger partial charge in [0.2, 0.25) is 0 Å². The van der Waals surface area contributed by atoms with Crippen LogP contribution in [0.4, 0.5) is 0 Å². The van der Waals surface area contributed by atoms with Crippen LogP contribution in [0, 0.1) is 0 Å². The summed E-state index contributed by atoms with van der Waals surface area (Å²) in [6.07, 6.45) is 2.60. The average Bonchev–Trinajstić information content (AvgIpc) is 2.25. The van der Waals surface area contributed by atoms with Gasteiger partial charge in [0.15, 0.2) is 16.6 Å². The summed E-state index contributed by atoms with van der Waals surface area (Å²) >= 11 is 3.50. The predicted molar refractivity (Wildman–Crippen MR) is 97.5 cm³/mol. The summed E-state index contributed by atoms with van der Waals surface area (Å²) in [5, 5.41) is 1.12. The van der Waals surface area contributed by atoms with Crippen molar-refractivity contribution >= 4 is 52.1 Å². The fourth-order valence-electron chi connectivity index (χ4n) is 2.03. The quantitative estimate of drug-likeness (QED) is 0.308. The standard InChI is InChI=1S/C11H31BrO2Si4/c1-15-13-17(2,3)11-7-9-16-14-18(4,5)10-6-8-12/h6-11,15-16H2,1-5H3. The van der Waals surface area contributed by atoms with Crippen LogP contribution in [0.1, 0.15) is 12.8 Å². The minimum absolute atomic E-state index is 0.218. The van der Waals surface area contributed by atoms with Gasteiger partial charge in [-0.15, -0.1) is 0 Å². The van der Waals surface area contributed by atoms with E-state index >= 15 is 0 Å². The Hall–Kier alpha value is 1.27. The molecular weight excluding hydrogens is 356 g/mol. The molecule has 7 heteroatoms. The summed E-state index contributed by atoms with van der Waals surface area (Å²) in [6.45, 7) is 11.7. The van der Waals surface area contributed by atoms with E-state index < -0.39 is 16.6 Å². The van der Waals surface area contributed by atoms with Crippen molar-refractivity contribution in [3.8, 4) is 0 Å². The molecule has 0 aliphatic rings. The highest BCUT2D eigenvalue weighted by molar-refractivity contribution is 9.09. The summed E-state index contributed by atoms with van der Waals surface area (Å²) in [4.78, 5) is 0. The van der Waals surface area contributed by atoms with Gasteiger partial charge in [-0.05, 0) is 50.7 Å². The zero-order valence-corrected chi connectivity index (χ0v) is 19.3. The fourth-order valence-corrected chi connectivity index (χ4v) is 13.0. The maximum atomic E-state index is 6.25. The SMILES string of the molecule is C[SiH2]O[Si](C)(C)CCC[SiH2]O[Si](C)(C)CCCBr. The van der Waals surface area contributed by atoms with Crippen LogP contribution in [-0.4, -0.2) is 41.5 Å². The van der Waals surface area contributed by atoms with Crippen molar-refractivity contribution in [1.29, 1.82) is 0 Å². The molecule has 0 fully saturated rings. The molecule has 0 N–H and O–H groups in total. The van der Waals surface area contributed by atoms with E-state index in [-0.39, 0.29) is 19.5 Å². The second-order valence-corrected chi connectivity index (χ2v) is 18.9. The second-order valence-electron chi connectivity index (χ2n) is 6.05. The lowest BCUT2D eigenvalue weighted by Gasteiger charge is -2.24. The minimum atomic E-state index is -1.32. The first-order valence-corrected chi connectivity index (χ1v) is 18.1. The van der Waals surface area contributed by atoms with Crippen LogP contribution >= 0.6 is 15.9 Å². The molecular formula is C11H31BrO2Si4. The first-order valence-electron chi connectivity index (χ1n) is 7.17. The number of halogens is 1. The molecule has 0 atom stereocenters. The smallest absolute Gasteiger partial charge is 0.173 e. The molecule has 0 spiro atoms. The Morgan fingerprint density at radius 1 is 0.944 bits per heavy atom. The van der Waals surface area contributed by atoms with E-state index in [1.54, 1.807) is 0 Å². The van der Waals surface area contributed by atoms with Gasteiger partial charge in [-0.2, -0.15) is 0 Å². The van der Waals surface area contributed by atoms with Gasteiger partial charge in [0.25, 0.3) is 0 Å². The molecule has 0 aliphatic carbocycles. The van der Waals surface area contributed by atoms with Crippen molar-refractivity contribution < 1.29 is 8.23 Å². The van der Waals surface area contributed by atoms with Gasteiger partial charge in [0.1, 0.15) is 19.5 Å². The van der Waals surface area contributed by atoms with E-state index in [9.17, 15) is 0 Å². The van der Waals surface area contributed by atoms with Gasteiger partial charge in [-0.1, -0.05) is 28.9 Å². The molecule has 0 unspecified atom stereocenters. The van der Waals surface area contributed by atoms with Gasteiger partial charge in [0, 0.05) is 5.33 Å². The Morgan fingerprint density at radius 3 is 2.06 bits per heavy atom. The van der Waals surface area contributed by atoms with Gasteiger partial charge >= 0.3 is 0 Å². The Morgan fingerprint density at radius 2 is 1.50 bits per heavy atom. The minimum Gasteiger partial charge on any atom is -0.461 e. The van der Waals surface area contributed by atoms with Gasteiger partial charge < -0.3 is 8.23 Å². The van der Waals surface area contributed by atoms with Crippen molar-refractivity contribution in [2.75, 3.05) is 5.33 Å². The molecule has 0 saturated carbocycles. The lowest BCUT2D eigenvalue weighted by atomic mass is 10.6. The molecule has 0 bridgehead atoms. The van der Waals surface area contributed by atoms with E-state index in [0.29, 0.717) is 0 Å². The summed E-state index contributed by atoms with van der Waals surface area (Å²) < 4.78 is 12.2. The van der Waals surface area contributed by atoms with Crippen LogP contribution in [0.15, 0.2) is 0 Å². The van der Waals surface area contributed by atoms with Crippen molar-refractivity contribution in [2.24, 2.45) is 0 Å². The first kappa shape index (κ1) is 19.3. The zero-order valence-electron chi connectivity index (χ0n) is 12.9. The number of alkyl halides is 1. The van der Waals surface area contributed by atoms with Crippen molar-refractivity contribution in [3.63, 3.8) is 0 Å². The highest BCUT2D eigenvalue weighted by atomic mass is 79.9. The summed E-state index contributed by atoms with van der Waals surface area (Å²) in [5.74, 6) is 0. The van der Waals surface area contributed by atoms with E-state index in [0.717, 1.165) is 5.33 Å². The second kappa shape index (κ2) is 10.1. The molecule has 18 heavy (non-hydrogen) atoms. The average molecular weight is 388 g/mol. The van der Waals surface area contributed by atoms with Crippen LogP contribution in [0.5, 0.6) is 0 Å². The van der Waals surface area contributed by atoms with Crippen LogP contribution in [0.3, 0.4) is 0 Å². The first-order chi connectivity index (χ1) is 8.33. The molecule has 0 aromatic carbocycles. The highest BCUT2D eigenvalue weighted by Gasteiger charge is 2.22. The molecule has 0 heterocycles. The van der Waals surface area contributed by atoms with Gasteiger partial charge in [-0.25, -0.2) is 0 Å². The molecule has 0 aromatic rings. The predicted octanol–water partition coefficient (Wildman–Crippen LogP) is 3.24. The van der Waals surface area contributed by atoms with Gasteiger partial charge in [-0.3, -0.25) is 0 Å². The van der Waals surface area contributed by atoms with Crippen molar-refractivity contribution in [3.05, 3.63) is 0 Å². The molecule has 0 amide bonds. The van der Waals surface area contributed by atoms with Crippen LogP contribution in [0.2, 0.25) is 50.9 Å². The molecule has 2 nitrogen and oxygen atoms in total. The Balaban J connectivity index is 3.61. The lowest BCUT2D eigenvalue weighted by Crippen LogP contribution is -2.33. The van der Waals surface area contributed by atoms with Crippen molar-refractivity contribution in [2.45, 2.75) is 63.7 Å². The normalized spacial score (nSPS) is 14.3. The number of hydrogen-bond acceptors (Lipinski definition) is 2. The zero-order chi connectivity index (χ0) is 14.1. The van der Waals surface area contributed by atoms with E-state index in [4.69, 9.17) is 8.23 Å². The third-order valence-corrected chi connectivity index (χ3v) is 15.8. The van der Waals surface area contributed by atoms with E-state index in [1.165, 1.54) is 31.0 Å². The van der Waals surface area contributed by atoms with Crippen LogP contribution in [-0.2, 0) is 8.23 Å². The lowest BCUT2D eigenvalue weighted by molar-refractivity contribution is 0.571. The van der Waals surface area contributed by atoms with Gasteiger partial charge in [0.05, 0.1) is 0 Å². The summed E-state index contributed by atoms with van der Waals surface area (Å²) in [5.41, 5.74) is 0. The molecule has 0 rings (SSSR count). The monoisotopic (exact) mass is 386 g/mol. The van der Waals surface area contributed by atoms with E-state index in [1.807, 2.05) is 0 Å². The third kappa shape index (κ3) is 11.1. The largest absolute Gasteiger partial charge is 0.461 e. The molecule has 110 valence electrons. The number of hydrogen-bond donors (Lipinski definition) is 0. The molecule has 0 radical (unpaired) electrons. The van der Waals surface area contributed by atoms with E-state index in [2.05, 4.69) is 48.7 Å². The highest BCUT2D eigenvalue weighted by Crippen LogP contribution is 2.17. The molecule has 0 aliphatic heterocycles. The maximum absolute atomic E-state index is 6.25. The fraction of sp³-hybridized carbons (Fsp3) is 1.00. The topological polar surface area (TPSA) is 18.5 Å². The number of rotatable bonds is 11. The Labute approximate surface area is 129 Å². The van der Waals surface area contributed by atoms with Crippen LogP contribution in [0.25, 0.3) is 0 Å². The Kier molecular flexibility index (Phi) is 10.8. The van der Waals surface area contributed by atoms with Crippen LogP contribution < -0.4 is 0 Å². The third-order valence-electron chi connectivity index (χ3n) is 3.11. The summed E-state index contributed by atoms with van der Waals surface area (Å²) in [7, 11) is -3.10. The summed E-state index contributed by atoms with van der Waals surface area (Å²) in [6, 6.07) is 3.97. The molecule has 0 saturated heterocycles. The Bertz CT molecular complexity index is 215. The molecule has 0 aromatic heterocycles. The van der Waals surface area contributed by atoms with Crippen molar-refractivity contribution in [1.82, 2.24) is 0 Å². The maximum Gasteiger partial charge on any atom is 0.173 e.